The quantitative estimate of drug-likeness (QED) is 0.791. The highest BCUT2D eigenvalue weighted by atomic mass is 16.7. The summed E-state index contributed by atoms with van der Waals surface area (Å²) in [7, 11) is 0. The van der Waals surface area contributed by atoms with Gasteiger partial charge in [-0.05, 0) is 32.2 Å². The molecule has 4 rings (SSSR count). The van der Waals surface area contributed by atoms with Gasteiger partial charge in [0, 0.05) is 32.7 Å². The van der Waals surface area contributed by atoms with Crippen molar-refractivity contribution >= 4 is 11.6 Å². The number of ether oxygens (including phenoxy) is 2. The van der Waals surface area contributed by atoms with Crippen molar-refractivity contribution in [3.8, 4) is 0 Å². The van der Waals surface area contributed by atoms with Gasteiger partial charge in [-0.3, -0.25) is 4.79 Å². The minimum atomic E-state index is -0.302. The summed E-state index contributed by atoms with van der Waals surface area (Å²) in [6, 6.07) is 0. The molecular formula is C16H25N3O4. The highest BCUT2D eigenvalue weighted by Gasteiger charge is 2.44. The molecule has 4 heterocycles. The van der Waals surface area contributed by atoms with Crippen LogP contribution in [0.1, 0.15) is 32.1 Å². The molecule has 0 radical (unpaired) electrons. The lowest BCUT2D eigenvalue weighted by Crippen LogP contribution is -2.52. The van der Waals surface area contributed by atoms with Gasteiger partial charge < -0.3 is 24.5 Å². The van der Waals surface area contributed by atoms with E-state index in [9.17, 15) is 4.79 Å². The van der Waals surface area contributed by atoms with Crippen molar-refractivity contribution in [3.63, 3.8) is 0 Å². The Bertz CT molecular complexity index is 484. The zero-order valence-corrected chi connectivity index (χ0v) is 13.5. The van der Waals surface area contributed by atoms with E-state index in [-0.39, 0.29) is 23.7 Å². The summed E-state index contributed by atoms with van der Waals surface area (Å²) in [5.74, 6) is -0.00116. The number of hydrogen-bond acceptors (Lipinski definition) is 6. The molecule has 3 unspecified atom stereocenters. The molecule has 1 amide bonds. The van der Waals surface area contributed by atoms with Crippen molar-refractivity contribution in [2.75, 3.05) is 39.4 Å². The fourth-order valence-electron chi connectivity index (χ4n) is 3.97. The Morgan fingerprint density at radius 3 is 2.96 bits per heavy atom. The third-order valence-corrected chi connectivity index (χ3v) is 5.28. The van der Waals surface area contributed by atoms with Crippen LogP contribution in [0, 0.1) is 0 Å². The molecule has 3 fully saturated rings. The number of carbonyl (C=O) groups excluding carboxylic acids is 1. The van der Waals surface area contributed by atoms with Crippen LogP contribution < -0.4 is 5.32 Å². The van der Waals surface area contributed by atoms with Crippen molar-refractivity contribution < 1.29 is 19.1 Å². The molecule has 3 saturated heterocycles. The van der Waals surface area contributed by atoms with Crippen LogP contribution in [0.25, 0.3) is 0 Å². The van der Waals surface area contributed by atoms with E-state index >= 15 is 0 Å². The third-order valence-electron chi connectivity index (χ3n) is 5.28. The lowest BCUT2D eigenvalue weighted by atomic mass is 9.89. The van der Waals surface area contributed by atoms with Gasteiger partial charge in [0.25, 0.3) is 5.91 Å². The van der Waals surface area contributed by atoms with Gasteiger partial charge in [-0.1, -0.05) is 5.16 Å². The van der Waals surface area contributed by atoms with Gasteiger partial charge in [-0.25, -0.2) is 0 Å². The van der Waals surface area contributed by atoms with E-state index in [4.69, 9.17) is 14.3 Å². The van der Waals surface area contributed by atoms with Crippen molar-refractivity contribution in [3.05, 3.63) is 0 Å². The predicted molar refractivity (Wildman–Crippen MR) is 83.3 cm³/mol. The maximum Gasteiger partial charge on any atom is 0.271 e. The van der Waals surface area contributed by atoms with Gasteiger partial charge in [-0.2, -0.15) is 0 Å². The molecule has 0 aromatic rings. The van der Waals surface area contributed by atoms with Crippen molar-refractivity contribution in [2.24, 2.45) is 5.16 Å². The Balaban J connectivity index is 1.37. The summed E-state index contributed by atoms with van der Waals surface area (Å²) in [6.45, 7) is 4.36. The summed E-state index contributed by atoms with van der Waals surface area (Å²) in [5, 5.41) is 7.46. The molecule has 0 aromatic heterocycles. The van der Waals surface area contributed by atoms with Gasteiger partial charge in [0.2, 0.25) is 0 Å². The van der Waals surface area contributed by atoms with Crippen molar-refractivity contribution in [1.29, 1.82) is 0 Å². The molecule has 0 aliphatic carbocycles. The third kappa shape index (κ3) is 3.09. The summed E-state index contributed by atoms with van der Waals surface area (Å²) in [4.78, 5) is 20.3. The Labute approximate surface area is 136 Å². The summed E-state index contributed by atoms with van der Waals surface area (Å²) < 4.78 is 11.5. The molecule has 7 nitrogen and oxygen atoms in total. The first-order chi connectivity index (χ1) is 11.3. The van der Waals surface area contributed by atoms with Crippen LogP contribution >= 0.6 is 0 Å². The minimum absolute atomic E-state index is 0.00116. The van der Waals surface area contributed by atoms with E-state index in [0.29, 0.717) is 31.8 Å². The molecule has 0 saturated carbocycles. The van der Waals surface area contributed by atoms with E-state index in [1.165, 1.54) is 0 Å². The molecule has 7 heteroatoms. The highest BCUT2D eigenvalue weighted by molar-refractivity contribution is 6.39. The monoisotopic (exact) mass is 323 g/mol. The topological polar surface area (TPSA) is 72.4 Å². The number of nitrogens with one attached hydrogen (secondary N) is 1. The standard InChI is InChI=1S/C16H25N3O4/c20-15(12-9-16(23-18-12)4-2-5-17-11-16)19-6-8-22-14(10-19)13-3-1-7-21-13/h13-14,17H,1-11H2. The van der Waals surface area contributed by atoms with Gasteiger partial charge in [0.05, 0.1) is 12.7 Å². The van der Waals surface area contributed by atoms with Crippen molar-refractivity contribution in [1.82, 2.24) is 10.2 Å². The fraction of sp³-hybridized carbons (Fsp3) is 0.875. The number of piperidine rings is 1. The first-order valence-corrected chi connectivity index (χ1v) is 8.74. The number of amides is 1. The molecule has 1 N–H and O–H groups in total. The Hall–Kier alpha value is -1.18. The molecule has 3 atom stereocenters. The van der Waals surface area contributed by atoms with Gasteiger partial charge in [-0.15, -0.1) is 0 Å². The number of nitrogens with zero attached hydrogens (tertiary/aromatic N) is 2. The fourth-order valence-corrected chi connectivity index (χ4v) is 3.97. The van der Waals surface area contributed by atoms with E-state index in [2.05, 4.69) is 10.5 Å². The first kappa shape index (κ1) is 15.4. The normalized spacial score (nSPS) is 37.7. The van der Waals surface area contributed by atoms with Crippen LogP contribution in [-0.4, -0.2) is 73.7 Å². The van der Waals surface area contributed by atoms with E-state index in [1.54, 1.807) is 0 Å². The smallest absolute Gasteiger partial charge is 0.271 e. The second-order valence-electron chi connectivity index (χ2n) is 6.98. The minimum Gasteiger partial charge on any atom is -0.387 e. The maximum absolute atomic E-state index is 12.8. The zero-order chi connectivity index (χ0) is 15.7. The van der Waals surface area contributed by atoms with Gasteiger partial charge in [0.1, 0.15) is 11.8 Å². The zero-order valence-electron chi connectivity index (χ0n) is 13.5. The van der Waals surface area contributed by atoms with E-state index < -0.39 is 0 Å². The molecular weight excluding hydrogens is 298 g/mol. The summed E-state index contributed by atoms with van der Waals surface area (Å²) in [5.41, 5.74) is 0.255. The molecule has 4 aliphatic heterocycles. The second-order valence-corrected chi connectivity index (χ2v) is 6.98. The Kier molecular flexibility index (Phi) is 4.26. The highest BCUT2D eigenvalue weighted by Crippen LogP contribution is 2.31. The average Bonchev–Trinajstić information content (AvgIpc) is 3.26. The largest absolute Gasteiger partial charge is 0.387 e. The second kappa shape index (κ2) is 6.37. The van der Waals surface area contributed by atoms with Crippen LogP contribution in [0.5, 0.6) is 0 Å². The molecule has 0 bridgehead atoms. The summed E-state index contributed by atoms with van der Waals surface area (Å²) >= 11 is 0. The maximum atomic E-state index is 12.8. The molecule has 0 aromatic carbocycles. The van der Waals surface area contributed by atoms with Gasteiger partial charge >= 0.3 is 0 Å². The first-order valence-electron chi connectivity index (χ1n) is 8.74. The predicted octanol–water partition coefficient (Wildman–Crippen LogP) is 0.291. The van der Waals surface area contributed by atoms with Crippen LogP contribution in [0.4, 0.5) is 0 Å². The molecule has 128 valence electrons. The van der Waals surface area contributed by atoms with Crippen LogP contribution in [-0.2, 0) is 19.1 Å². The van der Waals surface area contributed by atoms with E-state index in [0.717, 1.165) is 45.4 Å². The van der Waals surface area contributed by atoms with Crippen molar-refractivity contribution in [2.45, 2.75) is 49.9 Å². The van der Waals surface area contributed by atoms with Crippen LogP contribution in [0.15, 0.2) is 5.16 Å². The van der Waals surface area contributed by atoms with Crippen LogP contribution in [0.3, 0.4) is 0 Å². The Morgan fingerprint density at radius 2 is 2.17 bits per heavy atom. The summed E-state index contributed by atoms with van der Waals surface area (Å²) in [6.07, 6.45) is 4.85. The average molecular weight is 323 g/mol. The SMILES string of the molecule is O=C(C1=NOC2(CCCNC2)C1)N1CCOC(C2CCCO2)C1. The lowest BCUT2D eigenvalue weighted by molar-refractivity contribution is -0.138. The Morgan fingerprint density at radius 1 is 1.26 bits per heavy atom. The van der Waals surface area contributed by atoms with Crippen LogP contribution in [0.2, 0.25) is 0 Å². The molecule has 4 aliphatic rings. The number of rotatable bonds is 2. The van der Waals surface area contributed by atoms with E-state index in [1.807, 2.05) is 4.90 Å². The number of oxime groups is 1. The lowest BCUT2D eigenvalue weighted by Gasteiger charge is -2.35. The number of carbonyl (C=O) groups is 1. The molecule has 23 heavy (non-hydrogen) atoms. The number of morpholine rings is 1. The molecule has 1 spiro atoms. The number of hydrogen-bond donors (Lipinski definition) is 1. The van der Waals surface area contributed by atoms with Gasteiger partial charge in [0.15, 0.2) is 5.60 Å².